The van der Waals surface area contributed by atoms with Gasteiger partial charge in [-0.15, -0.1) is 0 Å². The Morgan fingerprint density at radius 1 is 1.11 bits per heavy atom. The quantitative estimate of drug-likeness (QED) is 0.394. The summed E-state index contributed by atoms with van der Waals surface area (Å²) in [6.45, 7) is 2.04. The van der Waals surface area contributed by atoms with E-state index in [1.54, 1.807) is 6.08 Å². The Hall–Kier alpha value is -2.09. The van der Waals surface area contributed by atoms with Crippen molar-refractivity contribution in [1.82, 2.24) is 5.32 Å². The predicted octanol–water partition coefficient (Wildman–Crippen LogP) is 6.67. The van der Waals surface area contributed by atoms with E-state index in [0.717, 1.165) is 26.0 Å². The molecule has 1 aliphatic heterocycles. The molecular formula is C21H14Br2N2O2S. The second-order valence-electron chi connectivity index (χ2n) is 6.15. The number of furan rings is 1. The van der Waals surface area contributed by atoms with Gasteiger partial charge in [-0.1, -0.05) is 44.0 Å². The number of nitrogens with one attached hydrogen (secondary N) is 1. The summed E-state index contributed by atoms with van der Waals surface area (Å²) in [5.74, 6) is 1.17. The zero-order valence-electron chi connectivity index (χ0n) is 14.7. The Balaban J connectivity index is 1.56. The first-order chi connectivity index (χ1) is 13.5. The third-order valence-electron chi connectivity index (χ3n) is 3.98. The van der Waals surface area contributed by atoms with E-state index >= 15 is 0 Å². The van der Waals surface area contributed by atoms with E-state index in [2.05, 4.69) is 42.2 Å². The average molecular weight is 518 g/mol. The fourth-order valence-electron chi connectivity index (χ4n) is 2.67. The number of benzene rings is 2. The highest BCUT2D eigenvalue weighted by Gasteiger charge is 2.24. The molecule has 0 unspecified atom stereocenters. The van der Waals surface area contributed by atoms with Crippen molar-refractivity contribution < 1.29 is 9.21 Å². The lowest BCUT2D eigenvalue weighted by Crippen LogP contribution is -2.19. The van der Waals surface area contributed by atoms with Gasteiger partial charge in [-0.3, -0.25) is 4.79 Å². The van der Waals surface area contributed by atoms with Gasteiger partial charge < -0.3 is 9.73 Å². The summed E-state index contributed by atoms with van der Waals surface area (Å²) in [5, 5.41) is 3.33. The Morgan fingerprint density at radius 2 is 1.96 bits per heavy atom. The Labute approximate surface area is 183 Å². The smallest absolute Gasteiger partial charge is 0.264 e. The highest BCUT2D eigenvalue weighted by molar-refractivity contribution is 9.10. The Kier molecular flexibility index (Phi) is 5.57. The molecule has 1 fully saturated rings. The summed E-state index contributed by atoms with van der Waals surface area (Å²) in [7, 11) is 0. The van der Waals surface area contributed by atoms with Crippen LogP contribution in [0, 0.1) is 6.92 Å². The van der Waals surface area contributed by atoms with E-state index in [4.69, 9.17) is 4.42 Å². The molecule has 1 saturated heterocycles. The van der Waals surface area contributed by atoms with Crippen LogP contribution in [0.15, 0.2) is 77.9 Å². The molecule has 1 amide bonds. The zero-order valence-corrected chi connectivity index (χ0v) is 18.7. The lowest BCUT2D eigenvalue weighted by molar-refractivity contribution is -0.115. The van der Waals surface area contributed by atoms with E-state index in [-0.39, 0.29) is 5.91 Å². The van der Waals surface area contributed by atoms with Crippen LogP contribution in [0.2, 0.25) is 0 Å². The summed E-state index contributed by atoms with van der Waals surface area (Å²) in [6.07, 6.45) is 1.73. The van der Waals surface area contributed by atoms with Crippen LogP contribution in [0.5, 0.6) is 0 Å². The number of thioether (sulfide) groups is 1. The van der Waals surface area contributed by atoms with Crippen LogP contribution >= 0.6 is 43.6 Å². The van der Waals surface area contributed by atoms with Gasteiger partial charge in [0.2, 0.25) is 0 Å². The first-order valence-electron chi connectivity index (χ1n) is 8.39. The maximum atomic E-state index is 12.3. The van der Waals surface area contributed by atoms with Crippen LogP contribution in [0.4, 0.5) is 5.69 Å². The number of halogens is 2. The number of amidine groups is 1. The zero-order chi connectivity index (χ0) is 19.7. The molecule has 4 rings (SSSR count). The van der Waals surface area contributed by atoms with Crippen LogP contribution in [0.3, 0.4) is 0 Å². The van der Waals surface area contributed by atoms with Crippen LogP contribution in [0.1, 0.15) is 11.3 Å². The van der Waals surface area contributed by atoms with Crippen LogP contribution in [-0.4, -0.2) is 11.1 Å². The summed E-state index contributed by atoms with van der Waals surface area (Å²) in [6, 6.07) is 17.4. The molecule has 7 heteroatoms. The van der Waals surface area contributed by atoms with Gasteiger partial charge in [0.25, 0.3) is 5.91 Å². The number of aliphatic imine (C=N–C) groups is 1. The number of hydrogen-bond donors (Lipinski definition) is 1. The molecule has 28 heavy (non-hydrogen) atoms. The minimum Gasteiger partial charge on any atom is -0.457 e. The van der Waals surface area contributed by atoms with Gasteiger partial charge in [0.15, 0.2) is 5.17 Å². The van der Waals surface area contributed by atoms with Gasteiger partial charge in [0.1, 0.15) is 11.5 Å². The Morgan fingerprint density at radius 3 is 2.75 bits per heavy atom. The first kappa shape index (κ1) is 19.2. The predicted molar refractivity (Wildman–Crippen MR) is 122 cm³/mol. The number of aryl methyl sites for hydroxylation is 1. The van der Waals surface area contributed by atoms with Gasteiger partial charge in [-0.05, 0) is 66.7 Å². The highest BCUT2D eigenvalue weighted by Crippen LogP contribution is 2.33. The van der Waals surface area contributed by atoms with Crippen LogP contribution < -0.4 is 5.32 Å². The molecular weight excluding hydrogens is 504 g/mol. The van der Waals surface area contributed by atoms with Crippen molar-refractivity contribution in [3.63, 3.8) is 0 Å². The minimum atomic E-state index is -0.187. The molecule has 0 radical (unpaired) electrons. The van der Waals surface area contributed by atoms with Gasteiger partial charge in [-0.25, -0.2) is 4.99 Å². The van der Waals surface area contributed by atoms with E-state index in [1.165, 1.54) is 17.3 Å². The van der Waals surface area contributed by atoms with E-state index in [1.807, 2.05) is 61.5 Å². The van der Waals surface area contributed by atoms with Crippen molar-refractivity contribution in [1.29, 1.82) is 0 Å². The molecule has 140 valence electrons. The SMILES string of the molecule is Cc1ccc(-c2ccc(/C=C3/SC(=Nc4cccc(Br)c4)NC3=O)o2)c(Br)c1. The van der Waals surface area contributed by atoms with Crippen molar-refractivity contribution in [2.45, 2.75) is 6.92 Å². The molecule has 0 bridgehead atoms. The van der Waals surface area contributed by atoms with Crippen molar-refractivity contribution in [2.75, 3.05) is 0 Å². The standard InChI is InChI=1S/C21H14Br2N2O2S/c1-12-5-7-16(17(23)9-12)18-8-6-15(27-18)11-19-20(26)25-21(28-19)24-14-4-2-3-13(22)10-14/h2-11H,1H3,(H,24,25,26)/b19-11+. The Bertz CT molecular complexity index is 1130. The fraction of sp³-hybridized carbons (Fsp3) is 0.0476. The lowest BCUT2D eigenvalue weighted by Gasteiger charge is -2.02. The molecule has 1 aliphatic rings. The largest absolute Gasteiger partial charge is 0.457 e. The van der Waals surface area contributed by atoms with E-state index < -0.39 is 0 Å². The molecule has 0 aliphatic carbocycles. The third-order valence-corrected chi connectivity index (χ3v) is 6.04. The van der Waals surface area contributed by atoms with Crippen molar-refractivity contribution in [3.05, 3.63) is 79.8 Å². The summed E-state index contributed by atoms with van der Waals surface area (Å²) < 4.78 is 7.83. The fourth-order valence-corrected chi connectivity index (χ4v) is 4.57. The average Bonchev–Trinajstić information content (AvgIpc) is 3.22. The molecule has 4 nitrogen and oxygen atoms in total. The van der Waals surface area contributed by atoms with Crippen molar-refractivity contribution in [3.8, 4) is 11.3 Å². The number of rotatable bonds is 3. The van der Waals surface area contributed by atoms with E-state index in [0.29, 0.717) is 15.8 Å². The summed E-state index contributed by atoms with van der Waals surface area (Å²) in [5.41, 5.74) is 2.90. The van der Waals surface area contributed by atoms with Gasteiger partial charge in [0.05, 0.1) is 10.6 Å². The van der Waals surface area contributed by atoms with Gasteiger partial charge in [-0.2, -0.15) is 0 Å². The summed E-state index contributed by atoms with van der Waals surface area (Å²) >= 11 is 8.28. The second kappa shape index (κ2) is 8.11. The highest BCUT2D eigenvalue weighted by atomic mass is 79.9. The molecule has 2 heterocycles. The third kappa shape index (κ3) is 4.32. The molecule has 0 atom stereocenters. The number of hydrogen-bond acceptors (Lipinski definition) is 4. The molecule has 3 aromatic rings. The lowest BCUT2D eigenvalue weighted by atomic mass is 10.1. The molecule has 1 aromatic heterocycles. The number of amides is 1. The molecule has 2 aromatic carbocycles. The summed E-state index contributed by atoms with van der Waals surface area (Å²) in [4.78, 5) is 17.3. The molecule has 1 N–H and O–H groups in total. The van der Waals surface area contributed by atoms with Crippen molar-refractivity contribution >= 4 is 66.5 Å². The number of carbonyl (C=O) groups is 1. The number of nitrogens with zero attached hydrogens (tertiary/aromatic N) is 1. The van der Waals surface area contributed by atoms with Crippen LogP contribution in [-0.2, 0) is 4.79 Å². The normalized spacial score (nSPS) is 16.8. The maximum Gasteiger partial charge on any atom is 0.264 e. The van der Waals surface area contributed by atoms with Gasteiger partial charge in [0, 0.05) is 20.6 Å². The van der Waals surface area contributed by atoms with Crippen molar-refractivity contribution in [2.24, 2.45) is 4.99 Å². The topological polar surface area (TPSA) is 54.6 Å². The number of carbonyl (C=O) groups excluding carboxylic acids is 1. The minimum absolute atomic E-state index is 0.187. The monoisotopic (exact) mass is 516 g/mol. The van der Waals surface area contributed by atoms with Gasteiger partial charge >= 0.3 is 0 Å². The second-order valence-corrected chi connectivity index (χ2v) is 8.95. The first-order valence-corrected chi connectivity index (χ1v) is 10.8. The maximum absolute atomic E-state index is 12.3. The molecule has 0 spiro atoms. The van der Waals surface area contributed by atoms with E-state index in [9.17, 15) is 4.79 Å². The molecule has 0 saturated carbocycles. The van der Waals surface area contributed by atoms with Crippen LogP contribution in [0.25, 0.3) is 17.4 Å².